The van der Waals surface area contributed by atoms with Gasteiger partial charge < -0.3 is 74.7 Å². The number of esters is 1. The minimum Gasteiger partial charge on any atom is -0.504 e. The van der Waals surface area contributed by atoms with Crippen LogP contribution in [0, 0.1) is 0 Å². The summed E-state index contributed by atoms with van der Waals surface area (Å²) in [6.07, 6.45) is -2.50. The number of carbonyl (C=O) groups is 1. The number of hydrogen-bond acceptors (Lipinski definition) is 16. The van der Waals surface area contributed by atoms with Crippen LogP contribution in [0.4, 0.5) is 0 Å². The van der Waals surface area contributed by atoms with Gasteiger partial charge in [-0.05, 0) is 46.5 Å². The average molecular weight is 705 g/mol. The maximum atomic E-state index is 13.5. The molecule has 0 fully saturated rings. The van der Waals surface area contributed by atoms with Crippen molar-refractivity contribution >= 4 is 5.97 Å². The normalized spacial score (nSPS) is 19.2. The first-order valence-corrected chi connectivity index (χ1v) is 15.4. The van der Waals surface area contributed by atoms with Gasteiger partial charge in [-0.15, -0.1) is 0 Å². The number of carbonyl (C=O) groups excluding carboxylic acids is 1. The highest BCUT2D eigenvalue weighted by Crippen LogP contribution is 2.55. The van der Waals surface area contributed by atoms with Crippen LogP contribution in [-0.2, 0) is 61.3 Å². The molecule has 8 rings (SSSR count). The molecule has 2 unspecified atom stereocenters. The van der Waals surface area contributed by atoms with Crippen molar-refractivity contribution in [1.82, 2.24) is 0 Å². The number of fused-ring (bicyclic) bond motifs is 5. The lowest BCUT2D eigenvalue weighted by Gasteiger charge is -2.34. The van der Waals surface area contributed by atoms with E-state index in [2.05, 4.69) is 0 Å². The molecule has 2 atom stereocenters. The van der Waals surface area contributed by atoms with Gasteiger partial charge in [-0.1, -0.05) is 0 Å². The summed E-state index contributed by atoms with van der Waals surface area (Å²) in [4.78, 5) is 13.5. The van der Waals surface area contributed by atoms with Crippen LogP contribution in [0.15, 0.2) is 35.8 Å². The molecule has 3 aliphatic heterocycles. The van der Waals surface area contributed by atoms with E-state index in [4.69, 9.17) is 23.7 Å². The van der Waals surface area contributed by atoms with Crippen molar-refractivity contribution in [3.05, 3.63) is 69.2 Å². The number of benzene rings is 4. The molecule has 16 heteroatoms. The van der Waals surface area contributed by atoms with Crippen molar-refractivity contribution in [3.63, 3.8) is 0 Å². The maximum Gasteiger partial charge on any atom is 0.377 e. The average Bonchev–Trinajstić information content (AvgIpc) is 3.50. The Labute approximate surface area is 286 Å². The zero-order valence-corrected chi connectivity index (χ0v) is 26.1. The maximum absolute atomic E-state index is 13.5. The van der Waals surface area contributed by atoms with Crippen molar-refractivity contribution in [2.75, 3.05) is 6.61 Å². The van der Waals surface area contributed by atoms with Gasteiger partial charge in [0.1, 0.15) is 13.2 Å². The van der Waals surface area contributed by atoms with Crippen LogP contribution < -0.4 is 0 Å². The molecule has 0 amide bonds. The number of hydrogen-bond donors (Lipinski definition) is 10. The van der Waals surface area contributed by atoms with Crippen molar-refractivity contribution in [2.24, 2.45) is 0 Å². The van der Waals surface area contributed by atoms with Gasteiger partial charge in [-0.25, -0.2) is 4.79 Å². The van der Waals surface area contributed by atoms with Crippen LogP contribution in [0.2, 0.25) is 0 Å². The fourth-order valence-corrected chi connectivity index (χ4v) is 7.10. The van der Waals surface area contributed by atoms with Gasteiger partial charge in [-0.2, -0.15) is 0 Å². The number of phenols is 10. The highest BCUT2D eigenvalue weighted by Gasteiger charge is 2.44. The molecule has 0 aromatic heterocycles. The zero-order chi connectivity index (χ0) is 36.0. The highest BCUT2D eigenvalue weighted by atomic mass is 16.6. The number of phenolic OH excluding ortho intramolecular Hbond substituents is 10. The Morgan fingerprint density at radius 3 is 1.55 bits per heavy atom. The predicted octanol–water partition coefficient (Wildman–Crippen LogP) is 3.28. The second kappa shape index (κ2) is 11.3. The smallest absolute Gasteiger partial charge is 0.377 e. The standard InChI is InChI=1S/C35H28O16/c36-17-1-11-6-47-10-21-32(48-7-12-2-18(37)27(41)16-5-15(26(17)40)22(11)23(12)16)33-34(35(46)51-21)50-9-14-4-20(39)29(43)31(45)25(14)24-13(8-49-33)3-19(38)28(42)30(24)44/h1-4,21,32,36-45H,5-10H2. The Hall–Kier alpha value is -6.39. The van der Waals surface area contributed by atoms with E-state index in [0.717, 1.165) is 12.1 Å². The third kappa shape index (κ3) is 4.71. The first-order valence-electron chi connectivity index (χ1n) is 15.4. The molecule has 4 aromatic carbocycles. The molecule has 0 saturated carbocycles. The lowest BCUT2D eigenvalue weighted by atomic mass is 9.92. The highest BCUT2D eigenvalue weighted by molar-refractivity contribution is 5.90. The Kier molecular flexibility index (Phi) is 7.07. The quantitative estimate of drug-likeness (QED) is 0.0819. The molecule has 4 aliphatic rings. The minimum atomic E-state index is -1.28. The Morgan fingerprint density at radius 1 is 0.529 bits per heavy atom. The molecule has 264 valence electrons. The van der Waals surface area contributed by atoms with Crippen LogP contribution in [-0.4, -0.2) is 75.8 Å². The fraction of sp³-hybridized carbons (Fsp3) is 0.229. The summed E-state index contributed by atoms with van der Waals surface area (Å²) in [6, 6.07) is 4.63. The van der Waals surface area contributed by atoms with Gasteiger partial charge in [0.2, 0.25) is 17.3 Å². The lowest BCUT2D eigenvalue weighted by molar-refractivity contribution is -0.173. The van der Waals surface area contributed by atoms with E-state index in [1.165, 1.54) is 12.1 Å². The van der Waals surface area contributed by atoms with Crippen molar-refractivity contribution in [2.45, 2.75) is 45.1 Å². The van der Waals surface area contributed by atoms with E-state index in [-0.39, 0.29) is 59.8 Å². The van der Waals surface area contributed by atoms with Gasteiger partial charge in [-0.3, -0.25) is 0 Å². The molecule has 3 heterocycles. The molecule has 10 N–H and O–H groups in total. The first-order chi connectivity index (χ1) is 24.3. The van der Waals surface area contributed by atoms with E-state index < -0.39 is 94.6 Å². The van der Waals surface area contributed by atoms with E-state index in [0.29, 0.717) is 27.8 Å². The summed E-state index contributed by atoms with van der Waals surface area (Å²) in [5.74, 6) is -8.71. The van der Waals surface area contributed by atoms with E-state index >= 15 is 0 Å². The Morgan fingerprint density at radius 2 is 1.00 bits per heavy atom. The summed E-state index contributed by atoms with van der Waals surface area (Å²) in [7, 11) is 0. The van der Waals surface area contributed by atoms with Crippen molar-refractivity contribution < 1.29 is 79.5 Å². The summed E-state index contributed by atoms with van der Waals surface area (Å²) in [6.45, 7) is -1.92. The topological polar surface area (TPSA) is 266 Å². The molecular formula is C35H28O16. The second-order valence-corrected chi connectivity index (χ2v) is 12.4. The lowest BCUT2D eigenvalue weighted by Crippen LogP contribution is -2.44. The molecule has 0 saturated heterocycles. The van der Waals surface area contributed by atoms with E-state index in [1.54, 1.807) is 0 Å². The van der Waals surface area contributed by atoms with E-state index in [1.807, 2.05) is 0 Å². The van der Waals surface area contributed by atoms with Gasteiger partial charge in [0.15, 0.2) is 64.0 Å². The summed E-state index contributed by atoms with van der Waals surface area (Å²) in [5, 5.41) is 106. The number of aromatic hydroxyl groups is 10. The Balaban J connectivity index is 1.26. The second-order valence-electron chi connectivity index (χ2n) is 12.4. The summed E-state index contributed by atoms with van der Waals surface area (Å²) >= 11 is 0. The minimum absolute atomic E-state index is 0.0277. The van der Waals surface area contributed by atoms with Gasteiger partial charge >= 0.3 is 5.97 Å². The largest absolute Gasteiger partial charge is 0.504 e. The molecule has 1 aliphatic carbocycles. The van der Waals surface area contributed by atoms with Crippen molar-refractivity contribution in [3.8, 4) is 79.7 Å². The molecular weight excluding hydrogens is 676 g/mol. The van der Waals surface area contributed by atoms with E-state index in [9.17, 15) is 55.9 Å². The fourth-order valence-electron chi connectivity index (χ4n) is 7.10. The third-order valence-electron chi connectivity index (χ3n) is 9.43. The predicted molar refractivity (Wildman–Crippen MR) is 168 cm³/mol. The van der Waals surface area contributed by atoms with Crippen molar-refractivity contribution in [1.29, 1.82) is 0 Å². The number of rotatable bonds is 0. The summed E-state index contributed by atoms with van der Waals surface area (Å²) < 4.78 is 30.0. The third-order valence-corrected chi connectivity index (χ3v) is 9.43. The van der Waals surface area contributed by atoms with Gasteiger partial charge in [0.25, 0.3) is 0 Å². The monoisotopic (exact) mass is 704 g/mol. The van der Waals surface area contributed by atoms with Crippen LogP contribution in [0.1, 0.15) is 33.4 Å². The van der Waals surface area contributed by atoms with Crippen LogP contribution in [0.5, 0.6) is 57.5 Å². The van der Waals surface area contributed by atoms with Gasteiger partial charge in [0, 0.05) is 39.8 Å². The van der Waals surface area contributed by atoms with Crippen LogP contribution >= 0.6 is 0 Å². The Bertz CT molecular complexity index is 2240. The molecule has 0 bridgehead atoms. The molecule has 51 heavy (non-hydrogen) atoms. The summed E-state index contributed by atoms with van der Waals surface area (Å²) in [5.41, 5.74) is 1.51. The van der Waals surface area contributed by atoms with Gasteiger partial charge in [0.05, 0.1) is 19.8 Å². The zero-order valence-electron chi connectivity index (χ0n) is 26.1. The molecule has 0 radical (unpaired) electrons. The van der Waals surface area contributed by atoms with Crippen LogP contribution in [0.25, 0.3) is 22.3 Å². The molecule has 0 spiro atoms. The number of ether oxygens (including phenoxy) is 5. The first kappa shape index (κ1) is 31.9. The SMILES string of the molecule is O=C1OC2COCc3cc(O)c(O)c4c3-c3c(cc(O)c(O)c3C4)COC2C2=C1OCc1cc(O)c(O)c(O)c1-c1c(cc(O)c(O)c1O)CO2. The molecule has 4 aromatic rings. The van der Waals surface area contributed by atoms with Crippen LogP contribution in [0.3, 0.4) is 0 Å². The molecule has 16 nitrogen and oxygen atoms in total.